The Morgan fingerprint density at radius 3 is 2.32 bits per heavy atom. The maximum absolute atomic E-state index is 13.1. The van der Waals surface area contributed by atoms with Gasteiger partial charge in [-0.05, 0) is 25.3 Å². The number of carbonyl (C=O) groups excluding carboxylic acids is 3. The maximum atomic E-state index is 13.1. The number of amides is 1. The van der Waals surface area contributed by atoms with Crippen LogP contribution < -0.4 is 16.4 Å². The fourth-order valence-corrected chi connectivity index (χ4v) is 4.26. The lowest BCUT2D eigenvalue weighted by Crippen LogP contribution is -2.52. The minimum atomic E-state index is -0.159. The molecule has 1 fully saturated rings. The third kappa shape index (κ3) is 3.20. The van der Waals surface area contributed by atoms with Crippen LogP contribution in [0.15, 0.2) is 42.5 Å². The third-order valence-corrected chi connectivity index (χ3v) is 5.60. The van der Waals surface area contributed by atoms with Crippen LogP contribution in [0, 0.1) is 0 Å². The summed E-state index contributed by atoms with van der Waals surface area (Å²) in [5, 5.41) is 6.33. The van der Waals surface area contributed by atoms with Crippen molar-refractivity contribution in [3.05, 3.63) is 64.7 Å². The highest BCUT2D eigenvalue weighted by Crippen LogP contribution is 2.33. The second-order valence-electron chi connectivity index (χ2n) is 7.56. The minimum Gasteiger partial charge on any atom is -0.382 e. The Hall–Kier alpha value is -2.99. The molecule has 144 valence electrons. The van der Waals surface area contributed by atoms with E-state index in [2.05, 4.69) is 10.6 Å². The molecule has 2 aromatic carbocycles. The molecule has 0 saturated heterocycles. The molecule has 0 aromatic heterocycles. The summed E-state index contributed by atoms with van der Waals surface area (Å²) < 4.78 is 0. The normalized spacial score (nSPS) is 23.6. The van der Waals surface area contributed by atoms with E-state index in [1.165, 1.54) is 6.92 Å². The van der Waals surface area contributed by atoms with Gasteiger partial charge in [-0.3, -0.25) is 14.4 Å². The standard InChI is InChI=1S/C22H23N3O3/c1-12(26)24-18-10-9-13(11-17(18)23)25-19-8-4-7-16-20(19)22(28)15-6-3-2-5-14(15)21(16)27/h2-8,13,17-18,25H,9-11,23H2,1H3,(H,24,26). The lowest BCUT2D eigenvalue weighted by molar-refractivity contribution is -0.120. The van der Waals surface area contributed by atoms with Crippen LogP contribution in [0.2, 0.25) is 0 Å². The van der Waals surface area contributed by atoms with Crippen LogP contribution in [0.1, 0.15) is 58.0 Å². The summed E-state index contributed by atoms with van der Waals surface area (Å²) in [5.74, 6) is -0.337. The molecule has 4 rings (SSSR count). The lowest BCUT2D eigenvalue weighted by atomic mass is 9.82. The third-order valence-electron chi connectivity index (χ3n) is 5.60. The number of hydrogen-bond acceptors (Lipinski definition) is 5. The van der Waals surface area contributed by atoms with E-state index < -0.39 is 0 Å². The average Bonchev–Trinajstić information content (AvgIpc) is 2.68. The topological polar surface area (TPSA) is 101 Å². The molecule has 3 atom stereocenters. The van der Waals surface area contributed by atoms with Crippen LogP contribution in [0.4, 0.5) is 5.69 Å². The van der Waals surface area contributed by atoms with Crippen LogP contribution in [0.5, 0.6) is 0 Å². The summed E-state index contributed by atoms with van der Waals surface area (Å²) >= 11 is 0. The molecule has 0 heterocycles. The highest BCUT2D eigenvalue weighted by atomic mass is 16.1. The van der Waals surface area contributed by atoms with Gasteiger partial charge in [-0.1, -0.05) is 36.4 Å². The van der Waals surface area contributed by atoms with Crippen molar-refractivity contribution in [3.63, 3.8) is 0 Å². The number of benzene rings is 2. The summed E-state index contributed by atoms with van der Waals surface area (Å²) in [6.07, 6.45) is 2.26. The van der Waals surface area contributed by atoms with E-state index in [0.717, 1.165) is 12.8 Å². The van der Waals surface area contributed by atoms with Crippen molar-refractivity contribution in [3.8, 4) is 0 Å². The first kappa shape index (κ1) is 18.4. The van der Waals surface area contributed by atoms with Crippen molar-refractivity contribution in [1.82, 2.24) is 5.32 Å². The summed E-state index contributed by atoms with van der Waals surface area (Å²) in [6.45, 7) is 1.49. The molecule has 0 aliphatic heterocycles. The van der Waals surface area contributed by atoms with Gasteiger partial charge in [-0.15, -0.1) is 0 Å². The zero-order valence-electron chi connectivity index (χ0n) is 15.7. The van der Waals surface area contributed by atoms with Crippen molar-refractivity contribution in [2.45, 2.75) is 44.3 Å². The maximum Gasteiger partial charge on any atom is 0.217 e. The van der Waals surface area contributed by atoms with E-state index in [1.54, 1.807) is 36.4 Å². The van der Waals surface area contributed by atoms with E-state index in [9.17, 15) is 14.4 Å². The Morgan fingerprint density at radius 2 is 1.64 bits per heavy atom. The monoisotopic (exact) mass is 377 g/mol. The molecule has 1 amide bonds. The lowest BCUT2D eigenvalue weighted by Gasteiger charge is -2.35. The Morgan fingerprint density at radius 1 is 0.964 bits per heavy atom. The van der Waals surface area contributed by atoms with E-state index in [-0.39, 0.29) is 35.6 Å². The summed E-state index contributed by atoms with van der Waals surface area (Å²) in [6, 6.07) is 12.2. The number of nitrogens with one attached hydrogen (secondary N) is 2. The van der Waals surface area contributed by atoms with Gasteiger partial charge in [-0.25, -0.2) is 0 Å². The van der Waals surface area contributed by atoms with Crippen LogP contribution in [0.3, 0.4) is 0 Å². The molecular formula is C22H23N3O3. The SMILES string of the molecule is CC(=O)NC1CCC(Nc2cccc3c2C(=O)c2ccccc2C3=O)CC1N. The fraction of sp³-hybridized carbons (Fsp3) is 0.318. The second-order valence-corrected chi connectivity index (χ2v) is 7.56. The molecule has 2 aliphatic carbocycles. The van der Waals surface area contributed by atoms with Gasteiger partial charge in [0.05, 0.1) is 5.56 Å². The molecule has 6 heteroatoms. The largest absolute Gasteiger partial charge is 0.382 e. The summed E-state index contributed by atoms with van der Waals surface area (Å²) in [5.41, 5.74) is 8.68. The second kappa shape index (κ2) is 7.20. The molecule has 0 spiro atoms. The number of fused-ring (bicyclic) bond motifs is 2. The highest BCUT2D eigenvalue weighted by Gasteiger charge is 2.33. The van der Waals surface area contributed by atoms with E-state index in [1.807, 2.05) is 6.07 Å². The molecule has 0 bridgehead atoms. The zero-order valence-corrected chi connectivity index (χ0v) is 15.7. The van der Waals surface area contributed by atoms with E-state index in [4.69, 9.17) is 5.73 Å². The van der Waals surface area contributed by atoms with Crippen molar-refractivity contribution < 1.29 is 14.4 Å². The van der Waals surface area contributed by atoms with Gasteiger partial charge in [0.25, 0.3) is 0 Å². The minimum absolute atomic E-state index is 0.0321. The Bertz CT molecular complexity index is 969. The number of carbonyl (C=O) groups is 3. The molecule has 0 radical (unpaired) electrons. The summed E-state index contributed by atoms with van der Waals surface area (Å²) in [4.78, 5) is 37.3. The number of hydrogen-bond donors (Lipinski definition) is 3. The predicted octanol–water partition coefficient (Wildman–Crippen LogP) is 2.26. The zero-order chi connectivity index (χ0) is 19.8. The first-order chi connectivity index (χ1) is 13.5. The Kier molecular flexibility index (Phi) is 4.73. The average molecular weight is 377 g/mol. The van der Waals surface area contributed by atoms with Crippen molar-refractivity contribution in [1.29, 1.82) is 0 Å². The molecule has 3 unspecified atom stereocenters. The van der Waals surface area contributed by atoms with Gasteiger partial charge in [0.15, 0.2) is 11.6 Å². The van der Waals surface area contributed by atoms with Gasteiger partial charge in [0.1, 0.15) is 0 Å². The highest BCUT2D eigenvalue weighted by molar-refractivity contribution is 6.30. The first-order valence-corrected chi connectivity index (χ1v) is 9.56. The smallest absolute Gasteiger partial charge is 0.217 e. The van der Waals surface area contributed by atoms with Crippen molar-refractivity contribution in [2.24, 2.45) is 5.73 Å². The van der Waals surface area contributed by atoms with Crippen molar-refractivity contribution >= 4 is 23.2 Å². The Balaban J connectivity index is 1.59. The number of ketones is 2. The van der Waals surface area contributed by atoms with Crippen LogP contribution in [-0.2, 0) is 4.79 Å². The van der Waals surface area contributed by atoms with E-state index in [0.29, 0.717) is 34.4 Å². The molecule has 28 heavy (non-hydrogen) atoms. The number of rotatable bonds is 3. The Labute approximate surface area is 163 Å². The van der Waals surface area contributed by atoms with Crippen molar-refractivity contribution in [2.75, 3.05) is 5.32 Å². The molecular weight excluding hydrogens is 354 g/mol. The molecule has 6 nitrogen and oxygen atoms in total. The van der Waals surface area contributed by atoms with Gasteiger partial charge in [0.2, 0.25) is 5.91 Å². The number of anilines is 1. The van der Waals surface area contributed by atoms with E-state index >= 15 is 0 Å². The molecule has 2 aliphatic rings. The first-order valence-electron chi connectivity index (χ1n) is 9.56. The van der Waals surface area contributed by atoms with Gasteiger partial charge < -0.3 is 16.4 Å². The quantitative estimate of drug-likeness (QED) is 0.650. The fourth-order valence-electron chi connectivity index (χ4n) is 4.26. The van der Waals surface area contributed by atoms with Gasteiger partial charge in [0, 0.05) is 47.4 Å². The van der Waals surface area contributed by atoms with Gasteiger partial charge in [-0.2, -0.15) is 0 Å². The predicted molar refractivity (Wildman–Crippen MR) is 107 cm³/mol. The van der Waals surface area contributed by atoms with Crippen LogP contribution >= 0.6 is 0 Å². The van der Waals surface area contributed by atoms with Crippen LogP contribution in [0.25, 0.3) is 0 Å². The van der Waals surface area contributed by atoms with Gasteiger partial charge >= 0.3 is 0 Å². The molecule has 2 aromatic rings. The molecule has 1 saturated carbocycles. The summed E-state index contributed by atoms with van der Waals surface area (Å²) in [7, 11) is 0. The van der Waals surface area contributed by atoms with Crippen LogP contribution in [-0.4, -0.2) is 35.6 Å². The molecule has 4 N–H and O–H groups in total. The number of nitrogens with two attached hydrogens (primary N) is 1.